The van der Waals surface area contributed by atoms with E-state index in [4.69, 9.17) is 19.7 Å². The first-order chi connectivity index (χ1) is 21.5. The summed E-state index contributed by atoms with van der Waals surface area (Å²) in [5.74, 6) is 0.978. The topological polar surface area (TPSA) is 58.3 Å². The largest absolute Gasteiger partial charge is 0.498 e. The van der Waals surface area contributed by atoms with E-state index >= 15 is 0 Å². The molecular formula is C34H32F6N4O. The monoisotopic (exact) mass is 626 g/mol. The molecule has 0 bridgehead atoms. The third kappa shape index (κ3) is 6.92. The minimum atomic E-state index is -4.97. The van der Waals surface area contributed by atoms with Crippen LogP contribution in [0.3, 0.4) is 0 Å². The zero-order valence-corrected chi connectivity index (χ0v) is 24.6. The summed E-state index contributed by atoms with van der Waals surface area (Å²) in [4.78, 5) is 14.3. The fourth-order valence-electron chi connectivity index (χ4n) is 6.18. The Bertz CT molecular complexity index is 1660. The Hall–Kier alpha value is -4.15. The Morgan fingerprint density at radius 3 is 2.62 bits per heavy atom. The van der Waals surface area contributed by atoms with Crippen molar-refractivity contribution in [3.05, 3.63) is 99.5 Å². The van der Waals surface area contributed by atoms with Crippen molar-refractivity contribution in [2.24, 2.45) is 15.0 Å². The number of allylic oxidation sites excluding steroid dienone is 4. The molecule has 0 radical (unpaired) electrons. The molecule has 2 unspecified atom stereocenters. The molecule has 2 aromatic rings. The molecule has 0 aromatic heterocycles. The number of ether oxygens (including phenoxy) is 1. The highest BCUT2D eigenvalue weighted by atomic mass is 19.4. The van der Waals surface area contributed by atoms with Crippen LogP contribution in [0.5, 0.6) is 0 Å². The van der Waals surface area contributed by atoms with Crippen LogP contribution in [0.1, 0.15) is 79.3 Å². The molecule has 0 saturated carbocycles. The molecule has 0 spiro atoms. The Balaban J connectivity index is 1.23. The van der Waals surface area contributed by atoms with Crippen molar-refractivity contribution in [3.8, 4) is 0 Å². The molecule has 5 nitrogen and oxygen atoms in total. The first-order valence-electron chi connectivity index (χ1n) is 15.0. The van der Waals surface area contributed by atoms with Crippen molar-refractivity contribution < 1.29 is 31.1 Å². The van der Waals surface area contributed by atoms with Crippen LogP contribution in [0, 0.1) is 0 Å². The molecule has 0 amide bonds. The molecule has 11 heteroatoms. The van der Waals surface area contributed by atoms with Crippen molar-refractivity contribution in [1.29, 1.82) is 0 Å². The third-order valence-corrected chi connectivity index (χ3v) is 8.53. The second kappa shape index (κ2) is 12.3. The third-order valence-electron chi connectivity index (χ3n) is 8.53. The summed E-state index contributed by atoms with van der Waals surface area (Å²) < 4.78 is 87.7. The van der Waals surface area contributed by atoms with E-state index < -0.39 is 23.5 Å². The molecule has 2 aromatic carbocycles. The highest BCUT2D eigenvalue weighted by molar-refractivity contribution is 6.42. The Morgan fingerprint density at radius 1 is 1.00 bits per heavy atom. The van der Waals surface area contributed by atoms with Gasteiger partial charge in [0.1, 0.15) is 5.71 Å². The summed E-state index contributed by atoms with van der Waals surface area (Å²) in [6, 6.07) is 9.90. The average molecular weight is 627 g/mol. The van der Waals surface area contributed by atoms with Gasteiger partial charge in [-0.2, -0.15) is 26.3 Å². The predicted molar refractivity (Wildman–Crippen MR) is 162 cm³/mol. The number of nitrogens with zero attached hydrogens (tertiary/aromatic N) is 3. The van der Waals surface area contributed by atoms with E-state index in [-0.39, 0.29) is 35.9 Å². The molecular weight excluding hydrogens is 594 g/mol. The van der Waals surface area contributed by atoms with Gasteiger partial charge in [-0.05, 0) is 79.5 Å². The Morgan fingerprint density at radius 2 is 1.82 bits per heavy atom. The summed E-state index contributed by atoms with van der Waals surface area (Å²) in [6.07, 6.45) is 0.434. The van der Waals surface area contributed by atoms with Crippen molar-refractivity contribution in [2.45, 2.75) is 76.3 Å². The lowest BCUT2D eigenvalue weighted by Gasteiger charge is -2.22. The standard InChI is InChI=1S/C34H32F6N4O/c1-20-14-15-45-24(18-27(20)26-13-12-22(33(35,36)37)16-28(26)34(38,39)40)17-23-8-5-11-30-31(19-41-23)44-32(43-30)42-29-10-4-7-21-6-2-3-9-25(21)29/h2-3,6,9,11-13,16,18-19,23,29H,4-5,7-8,10,14-15,17H2,1H3,(H,42,43). The molecule has 1 N–H and O–H groups in total. The van der Waals surface area contributed by atoms with Gasteiger partial charge in [-0.1, -0.05) is 42.0 Å². The lowest BCUT2D eigenvalue weighted by atomic mass is 9.88. The number of alkyl halides is 6. The first kappa shape index (κ1) is 30.9. The molecule has 236 valence electrons. The van der Waals surface area contributed by atoms with E-state index in [0.29, 0.717) is 54.8 Å². The maximum absolute atomic E-state index is 14.0. The minimum Gasteiger partial charge on any atom is -0.498 e. The van der Waals surface area contributed by atoms with E-state index in [1.165, 1.54) is 17.2 Å². The lowest BCUT2D eigenvalue weighted by molar-refractivity contribution is -0.143. The molecule has 0 fully saturated rings. The van der Waals surface area contributed by atoms with Crippen LogP contribution in [-0.4, -0.2) is 30.5 Å². The normalized spacial score (nSPS) is 23.1. The van der Waals surface area contributed by atoms with Crippen molar-refractivity contribution in [3.63, 3.8) is 0 Å². The van der Waals surface area contributed by atoms with Crippen molar-refractivity contribution in [2.75, 3.05) is 6.61 Å². The van der Waals surface area contributed by atoms with Crippen LogP contribution in [0.15, 0.2) is 86.6 Å². The van der Waals surface area contributed by atoms with Gasteiger partial charge in [0.2, 0.25) is 5.96 Å². The number of nitrogens with one attached hydrogen (secondary N) is 1. The number of aliphatic imine (C=N–C) groups is 3. The highest BCUT2D eigenvalue weighted by Crippen LogP contribution is 2.42. The van der Waals surface area contributed by atoms with Gasteiger partial charge in [-0.25, -0.2) is 9.98 Å². The molecule has 2 atom stereocenters. The minimum absolute atomic E-state index is 0.0316. The van der Waals surface area contributed by atoms with Crippen LogP contribution in [0.25, 0.3) is 5.57 Å². The van der Waals surface area contributed by atoms with E-state index in [1.54, 1.807) is 13.1 Å². The second-order valence-electron chi connectivity index (χ2n) is 11.7. The number of rotatable bonds is 4. The molecule has 0 saturated heterocycles. The SMILES string of the molecule is CC1=C(c2ccc(C(F)(F)F)cc2C(F)(F)F)C=C(CC2CCC=C3NC(=NC4CCCc5ccccc54)N=C3C=N2)OCC1. The van der Waals surface area contributed by atoms with Crippen LogP contribution in [0.4, 0.5) is 26.3 Å². The van der Waals surface area contributed by atoms with Gasteiger partial charge in [0.05, 0.1) is 41.3 Å². The smallest absolute Gasteiger partial charge is 0.417 e. The van der Waals surface area contributed by atoms with E-state index in [1.807, 2.05) is 18.2 Å². The van der Waals surface area contributed by atoms with E-state index in [2.05, 4.69) is 17.4 Å². The quantitative estimate of drug-likeness (QED) is 0.345. The van der Waals surface area contributed by atoms with Crippen molar-refractivity contribution in [1.82, 2.24) is 5.32 Å². The molecule has 3 heterocycles. The number of hydrogen-bond donors (Lipinski definition) is 1. The number of halogens is 6. The summed E-state index contributed by atoms with van der Waals surface area (Å²) >= 11 is 0. The van der Waals surface area contributed by atoms with Crippen LogP contribution in [-0.2, 0) is 23.5 Å². The van der Waals surface area contributed by atoms with Crippen LogP contribution in [0.2, 0.25) is 0 Å². The number of benzene rings is 2. The van der Waals surface area contributed by atoms with E-state index in [9.17, 15) is 26.3 Å². The van der Waals surface area contributed by atoms with Crippen molar-refractivity contribution >= 4 is 23.5 Å². The molecule has 6 rings (SSSR count). The lowest BCUT2D eigenvalue weighted by Crippen LogP contribution is -2.20. The zero-order valence-electron chi connectivity index (χ0n) is 24.6. The molecule has 45 heavy (non-hydrogen) atoms. The molecule has 3 aliphatic heterocycles. The van der Waals surface area contributed by atoms with Crippen LogP contribution >= 0.6 is 0 Å². The zero-order chi connectivity index (χ0) is 31.8. The number of hydrogen-bond acceptors (Lipinski definition) is 3. The maximum Gasteiger partial charge on any atom is 0.417 e. The first-order valence-corrected chi connectivity index (χ1v) is 15.0. The van der Waals surface area contributed by atoms with Gasteiger partial charge in [0, 0.05) is 19.1 Å². The van der Waals surface area contributed by atoms with E-state index in [0.717, 1.165) is 31.0 Å². The number of fused-ring (bicyclic) bond motifs is 2. The van der Waals surface area contributed by atoms with Gasteiger partial charge in [0.25, 0.3) is 0 Å². The summed E-state index contributed by atoms with van der Waals surface area (Å²) in [7, 11) is 0. The number of guanidine groups is 1. The molecule has 1 aliphatic carbocycles. The summed E-state index contributed by atoms with van der Waals surface area (Å²) in [5.41, 5.74) is 1.89. The van der Waals surface area contributed by atoms with Gasteiger partial charge in [-0.15, -0.1) is 0 Å². The fourth-order valence-corrected chi connectivity index (χ4v) is 6.18. The van der Waals surface area contributed by atoms with Gasteiger partial charge < -0.3 is 10.1 Å². The maximum atomic E-state index is 14.0. The average Bonchev–Trinajstić information content (AvgIpc) is 3.25. The van der Waals surface area contributed by atoms with Gasteiger partial charge in [-0.3, -0.25) is 4.99 Å². The summed E-state index contributed by atoms with van der Waals surface area (Å²) in [5, 5.41) is 3.31. The van der Waals surface area contributed by atoms with Crippen LogP contribution < -0.4 is 5.32 Å². The number of aryl methyl sites for hydroxylation is 1. The second-order valence-corrected chi connectivity index (χ2v) is 11.7. The summed E-state index contributed by atoms with van der Waals surface area (Å²) in [6.45, 7) is 1.91. The predicted octanol–water partition coefficient (Wildman–Crippen LogP) is 8.79. The Labute approximate surface area is 257 Å². The fraction of sp³-hybridized carbons (Fsp3) is 0.382. The molecule has 4 aliphatic rings. The highest BCUT2D eigenvalue weighted by Gasteiger charge is 2.39. The Kier molecular flexibility index (Phi) is 8.45. The van der Waals surface area contributed by atoms with Gasteiger partial charge in [0.15, 0.2) is 0 Å². The van der Waals surface area contributed by atoms with Gasteiger partial charge >= 0.3 is 12.4 Å².